The molecule has 0 radical (unpaired) electrons. The smallest absolute Gasteiger partial charge is 0.323 e. The van der Waals surface area contributed by atoms with Gasteiger partial charge >= 0.3 is 5.97 Å². The van der Waals surface area contributed by atoms with Gasteiger partial charge in [-0.15, -0.1) is 0 Å². The van der Waals surface area contributed by atoms with Crippen molar-refractivity contribution < 1.29 is 8.98 Å². The van der Waals surface area contributed by atoms with Crippen LogP contribution in [-0.4, -0.2) is 5.97 Å². The quantitative estimate of drug-likeness (QED) is 0.161. The van der Waals surface area contributed by atoms with E-state index in [1.807, 2.05) is 0 Å². The number of hydrogen-bond acceptors (Lipinski definition) is 2. The molecule has 4 saturated carbocycles. The SMILES string of the molecule is O=C(OS(c1ccccc1)(c1ccccc1)c1c(-c2ccccc2)cc(-c2ccccc2)cc1-c1ccccc1)C12CC3CC(CC(C3)C1)C2. The molecule has 2 nitrogen and oxygen atoms in total. The van der Waals surface area contributed by atoms with E-state index in [-0.39, 0.29) is 5.97 Å². The molecule has 6 aromatic rings. The molecule has 0 unspecified atom stereocenters. The van der Waals surface area contributed by atoms with Crippen molar-refractivity contribution in [1.29, 1.82) is 0 Å². The van der Waals surface area contributed by atoms with Crippen LogP contribution in [0.15, 0.2) is 178 Å². The Morgan fingerprint density at radius 2 is 0.840 bits per heavy atom. The van der Waals surface area contributed by atoms with Gasteiger partial charge in [-0.25, -0.2) is 0 Å². The summed E-state index contributed by atoms with van der Waals surface area (Å²) in [4.78, 5) is 18.6. The molecular weight excluding hydrogens is 629 g/mol. The summed E-state index contributed by atoms with van der Waals surface area (Å²) in [5, 5.41) is 0. The van der Waals surface area contributed by atoms with Crippen LogP contribution in [0.2, 0.25) is 0 Å². The zero-order chi connectivity index (χ0) is 33.5. The van der Waals surface area contributed by atoms with Crippen LogP contribution in [0.5, 0.6) is 0 Å². The van der Waals surface area contributed by atoms with Crippen LogP contribution in [-0.2, 0) is 8.98 Å². The summed E-state index contributed by atoms with van der Waals surface area (Å²) in [6, 6.07) is 57.9. The number of benzene rings is 6. The van der Waals surface area contributed by atoms with Crippen LogP contribution in [0.1, 0.15) is 38.5 Å². The fourth-order valence-corrected chi connectivity index (χ4v) is 13.2. The van der Waals surface area contributed by atoms with E-state index in [9.17, 15) is 0 Å². The molecule has 0 heterocycles. The minimum atomic E-state index is -2.63. The van der Waals surface area contributed by atoms with Crippen molar-refractivity contribution in [2.45, 2.75) is 53.2 Å². The highest BCUT2D eigenvalue weighted by Crippen LogP contribution is 2.74. The van der Waals surface area contributed by atoms with Crippen molar-refractivity contribution in [3.8, 4) is 33.4 Å². The monoisotopic (exact) mass is 670 g/mol. The molecule has 4 aliphatic rings. The van der Waals surface area contributed by atoms with E-state index in [0.29, 0.717) is 17.8 Å². The van der Waals surface area contributed by atoms with Crippen molar-refractivity contribution in [3.05, 3.63) is 164 Å². The summed E-state index contributed by atoms with van der Waals surface area (Å²) >= 11 is 0. The van der Waals surface area contributed by atoms with E-state index in [1.54, 1.807) is 0 Å². The number of hydrogen-bond donors (Lipinski definition) is 0. The van der Waals surface area contributed by atoms with Gasteiger partial charge in [-0.05, 0) is 136 Å². The Kier molecular flexibility index (Phi) is 7.97. The van der Waals surface area contributed by atoms with Gasteiger partial charge in [0.05, 0.1) is 5.41 Å². The van der Waals surface area contributed by atoms with Gasteiger partial charge in [0.15, 0.2) is 0 Å². The fourth-order valence-electron chi connectivity index (χ4n) is 9.70. The molecule has 0 aromatic heterocycles. The first-order valence-corrected chi connectivity index (χ1v) is 19.7. The number of rotatable bonds is 8. The van der Waals surface area contributed by atoms with Gasteiger partial charge in [0.2, 0.25) is 0 Å². The molecule has 6 aromatic carbocycles. The van der Waals surface area contributed by atoms with Gasteiger partial charge in [0.25, 0.3) is 0 Å². The summed E-state index contributed by atoms with van der Waals surface area (Å²) in [6.45, 7) is 0. The minimum absolute atomic E-state index is 0.00413. The average molecular weight is 671 g/mol. The molecule has 0 aliphatic heterocycles. The summed E-state index contributed by atoms with van der Waals surface area (Å²) in [6.07, 6.45) is 6.71. The van der Waals surface area contributed by atoms with Crippen LogP contribution in [0.25, 0.3) is 33.4 Å². The van der Waals surface area contributed by atoms with E-state index in [0.717, 1.165) is 67.3 Å². The lowest BCUT2D eigenvalue weighted by Crippen LogP contribution is -2.50. The van der Waals surface area contributed by atoms with Crippen molar-refractivity contribution in [1.82, 2.24) is 0 Å². The summed E-state index contributed by atoms with van der Waals surface area (Å²) in [5.74, 6) is 1.91. The predicted molar refractivity (Wildman–Crippen MR) is 205 cm³/mol. The summed E-state index contributed by atoms with van der Waals surface area (Å²) in [5.41, 5.74) is 6.26. The van der Waals surface area contributed by atoms with Crippen molar-refractivity contribution >= 4 is 16.3 Å². The third-order valence-electron chi connectivity index (χ3n) is 11.5. The minimum Gasteiger partial charge on any atom is -0.401 e. The Balaban J connectivity index is 1.38. The maximum Gasteiger partial charge on any atom is 0.323 e. The Bertz CT molecular complexity index is 1980. The second kappa shape index (κ2) is 12.8. The maximum atomic E-state index is 15.4. The fraction of sp³-hybridized carbons (Fsp3) is 0.213. The van der Waals surface area contributed by atoms with Crippen molar-refractivity contribution in [3.63, 3.8) is 0 Å². The molecule has 0 amide bonds. The maximum absolute atomic E-state index is 15.4. The highest BCUT2D eigenvalue weighted by Gasteiger charge is 2.57. The second-order valence-corrected chi connectivity index (χ2v) is 17.4. The molecular formula is C47H42O2S. The largest absolute Gasteiger partial charge is 0.401 e. The zero-order valence-electron chi connectivity index (χ0n) is 28.3. The molecule has 50 heavy (non-hydrogen) atoms. The zero-order valence-corrected chi connectivity index (χ0v) is 29.1. The van der Waals surface area contributed by atoms with Crippen molar-refractivity contribution in [2.75, 3.05) is 0 Å². The average Bonchev–Trinajstić information content (AvgIpc) is 3.18. The molecule has 248 valence electrons. The normalized spacial score (nSPS) is 22.6. The number of carbonyl (C=O) groups excluding carboxylic acids is 1. The third-order valence-corrected chi connectivity index (χ3v) is 14.8. The highest BCUT2D eigenvalue weighted by atomic mass is 32.3. The van der Waals surface area contributed by atoms with Gasteiger partial charge in [0, 0.05) is 14.7 Å². The third kappa shape index (κ3) is 5.40. The van der Waals surface area contributed by atoms with E-state index >= 15 is 4.79 Å². The van der Waals surface area contributed by atoms with E-state index in [2.05, 4.69) is 164 Å². The molecule has 0 N–H and O–H groups in total. The van der Waals surface area contributed by atoms with Gasteiger partial charge in [-0.1, -0.05) is 127 Å². The second-order valence-electron chi connectivity index (χ2n) is 14.7. The predicted octanol–water partition coefficient (Wildman–Crippen LogP) is 12.6. The van der Waals surface area contributed by atoms with E-state index < -0.39 is 15.7 Å². The first-order chi connectivity index (χ1) is 24.6. The lowest BCUT2D eigenvalue weighted by atomic mass is 9.49. The highest BCUT2D eigenvalue weighted by molar-refractivity contribution is 8.30. The van der Waals surface area contributed by atoms with Crippen LogP contribution in [0, 0.1) is 23.2 Å². The molecule has 0 saturated heterocycles. The van der Waals surface area contributed by atoms with Crippen LogP contribution in [0.4, 0.5) is 0 Å². The lowest BCUT2D eigenvalue weighted by Gasteiger charge is -2.56. The summed E-state index contributed by atoms with van der Waals surface area (Å²) in [7, 11) is -2.63. The topological polar surface area (TPSA) is 26.3 Å². The Hall–Kier alpha value is -4.86. The lowest BCUT2D eigenvalue weighted by molar-refractivity contribution is -0.160. The van der Waals surface area contributed by atoms with E-state index in [1.165, 1.54) is 19.3 Å². The molecule has 3 heteroatoms. The van der Waals surface area contributed by atoms with Gasteiger partial charge < -0.3 is 4.18 Å². The first kappa shape index (κ1) is 31.1. The molecule has 0 atom stereocenters. The van der Waals surface area contributed by atoms with Gasteiger partial charge in [-0.3, -0.25) is 4.79 Å². The number of carbonyl (C=O) groups is 1. The van der Waals surface area contributed by atoms with Gasteiger partial charge in [-0.2, -0.15) is 0 Å². The molecule has 4 aliphatic carbocycles. The van der Waals surface area contributed by atoms with Crippen molar-refractivity contribution in [2.24, 2.45) is 23.2 Å². The molecule has 10 rings (SSSR count). The molecule has 4 fully saturated rings. The van der Waals surface area contributed by atoms with Crippen LogP contribution in [0.3, 0.4) is 0 Å². The Morgan fingerprint density at radius 3 is 1.24 bits per heavy atom. The Labute approximate surface area is 297 Å². The molecule has 0 spiro atoms. The van der Waals surface area contributed by atoms with Crippen LogP contribution >= 0.6 is 10.3 Å². The molecule has 4 bridgehead atoms. The van der Waals surface area contributed by atoms with Crippen LogP contribution < -0.4 is 0 Å². The van der Waals surface area contributed by atoms with Gasteiger partial charge in [0.1, 0.15) is 0 Å². The van der Waals surface area contributed by atoms with E-state index in [4.69, 9.17) is 4.18 Å². The Morgan fingerprint density at radius 1 is 0.480 bits per heavy atom. The summed E-state index contributed by atoms with van der Waals surface area (Å²) < 4.78 is 7.60. The standard InChI is InChI=1S/C47H42O2S/c48-46(47-31-34-26-35(32-47)28-36(27-34)33-47)49-50(41-22-12-4-13-23-41,42-24-14-5-15-25-42)45-43(38-18-8-2-9-19-38)29-40(37-16-6-1-7-17-37)30-44(45)39-20-10-3-11-21-39/h1-25,29-30,34-36H,26-28,31-33H2. The first-order valence-electron chi connectivity index (χ1n) is 18.1.